The lowest BCUT2D eigenvalue weighted by Gasteiger charge is -2.32. The lowest BCUT2D eigenvalue weighted by Crippen LogP contribution is -2.50. The summed E-state index contributed by atoms with van der Waals surface area (Å²) in [6, 6.07) is 17.1. The Labute approximate surface area is 168 Å². The number of nitriles is 1. The molecule has 0 saturated heterocycles. The summed E-state index contributed by atoms with van der Waals surface area (Å²) in [6.45, 7) is 1.88. The van der Waals surface area contributed by atoms with Gasteiger partial charge < -0.3 is 10.6 Å². The molecule has 2 atom stereocenters. The van der Waals surface area contributed by atoms with Crippen molar-refractivity contribution in [3.8, 4) is 6.07 Å². The zero-order chi connectivity index (χ0) is 20.5. The van der Waals surface area contributed by atoms with Gasteiger partial charge in [-0.2, -0.15) is 10.4 Å². The predicted octanol–water partition coefficient (Wildman–Crippen LogP) is 2.48. The van der Waals surface area contributed by atoms with Gasteiger partial charge in [-0.3, -0.25) is 14.3 Å². The van der Waals surface area contributed by atoms with E-state index in [1.807, 2.05) is 25.1 Å². The van der Waals surface area contributed by atoms with Gasteiger partial charge in [0.2, 0.25) is 5.91 Å². The van der Waals surface area contributed by atoms with E-state index in [0.717, 1.165) is 16.8 Å². The normalized spacial score (nSPS) is 17.8. The van der Waals surface area contributed by atoms with Gasteiger partial charge in [-0.25, -0.2) is 0 Å². The van der Waals surface area contributed by atoms with Gasteiger partial charge in [0.05, 0.1) is 17.3 Å². The van der Waals surface area contributed by atoms with E-state index in [9.17, 15) is 9.59 Å². The summed E-state index contributed by atoms with van der Waals surface area (Å²) in [5.41, 5.74) is 3.47. The van der Waals surface area contributed by atoms with Gasteiger partial charge in [0.25, 0.3) is 5.91 Å². The lowest BCUT2D eigenvalue weighted by molar-refractivity contribution is -0.118. The molecule has 29 heavy (non-hydrogen) atoms. The fourth-order valence-electron chi connectivity index (χ4n) is 3.79. The van der Waals surface area contributed by atoms with Gasteiger partial charge in [-0.15, -0.1) is 0 Å². The Hall–Kier alpha value is -3.92. The third-order valence-corrected chi connectivity index (χ3v) is 5.16. The zero-order valence-corrected chi connectivity index (χ0v) is 16.0. The summed E-state index contributed by atoms with van der Waals surface area (Å²) in [5, 5.41) is 19.3. The first kappa shape index (κ1) is 18.4. The zero-order valence-electron chi connectivity index (χ0n) is 16.0. The van der Waals surface area contributed by atoms with Crippen LogP contribution in [0, 0.1) is 18.3 Å². The molecule has 2 amide bonds. The quantitative estimate of drug-likeness (QED) is 0.723. The van der Waals surface area contributed by atoms with Crippen molar-refractivity contribution in [1.82, 2.24) is 15.1 Å². The Morgan fingerprint density at radius 2 is 1.86 bits per heavy atom. The largest absolute Gasteiger partial charge is 0.339 e. The van der Waals surface area contributed by atoms with E-state index in [4.69, 9.17) is 5.26 Å². The Bertz CT molecular complexity index is 1130. The monoisotopic (exact) mass is 385 g/mol. The van der Waals surface area contributed by atoms with Crippen LogP contribution >= 0.6 is 0 Å². The van der Waals surface area contributed by atoms with E-state index in [1.54, 1.807) is 48.1 Å². The molecule has 1 aromatic heterocycles. The number of benzene rings is 2. The molecular weight excluding hydrogens is 366 g/mol. The Balaban J connectivity index is 1.79. The van der Waals surface area contributed by atoms with Crippen LogP contribution < -0.4 is 10.6 Å². The van der Waals surface area contributed by atoms with Crippen molar-refractivity contribution in [1.29, 1.82) is 5.26 Å². The summed E-state index contributed by atoms with van der Waals surface area (Å²) in [5.74, 6) is -0.437. The number of nitrogens with one attached hydrogen (secondary N) is 2. The first-order valence-electron chi connectivity index (χ1n) is 9.20. The summed E-state index contributed by atoms with van der Waals surface area (Å²) >= 11 is 0. The molecule has 0 spiro atoms. The number of anilines is 1. The number of hydrogen-bond acceptors (Lipinski definition) is 4. The fourth-order valence-corrected chi connectivity index (χ4v) is 3.79. The van der Waals surface area contributed by atoms with E-state index in [1.165, 1.54) is 0 Å². The highest BCUT2D eigenvalue weighted by molar-refractivity contribution is 6.03. The van der Waals surface area contributed by atoms with Crippen LogP contribution in [0.1, 0.15) is 38.7 Å². The van der Waals surface area contributed by atoms with Crippen molar-refractivity contribution in [3.05, 3.63) is 82.5 Å². The summed E-state index contributed by atoms with van der Waals surface area (Å²) in [6.07, 6.45) is 0. The molecule has 2 N–H and O–H groups in total. The minimum absolute atomic E-state index is 0.306. The van der Waals surface area contributed by atoms with E-state index < -0.39 is 12.0 Å². The van der Waals surface area contributed by atoms with Gasteiger partial charge in [-0.1, -0.05) is 30.3 Å². The first-order valence-corrected chi connectivity index (χ1v) is 9.20. The van der Waals surface area contributed by atoms with Crippen LogP contribution in [0.4, 0.5) is 5.82 Å². The minimum atomic E-state index is -0.814. The Morgan fingerprint density at radius 1 is 1.17 bits per heavy atom. The van der Waals surface area contributed by atoms with Crippen LogP contribution in [0.15, 0.2) is 54.6 Å². The van der Waals surface area contributed by atoms with Crippen LogP contribution in [-0.4, -0.2) is 27.6 Å². The lowest BCUT2D eigenvalue weighted by atomic mass is 9.81. The number of carbonyl (C=O) groups is 2. The number of nitrogens with zero attached hydrogens (tertiary/aromatic N) is 3. The third kappa shape index (κ3) is 3.25. The van der Waals surface area contributed by atoms with Crippen molar-refractivity contribution in [3.63, 3.8) is 0 Å². The van der Waals surface area contributed by atoms with Crippen molar-refractivity contribution in [2.75, 3.05) is 5.32 Å². The second-order valence-corrected chi connectivity index (χ2v) is 6.99. The smallest absolute Gasteiger partial charge is 0.251 e. The van der Waals surface area contributed by atoms with Crippen molar-refractivity contribution in [2.24, 2.45) is 7.05 Å². The highest BCUT2D eigenvalue weighted by Gasteiger charge is 2.41. The van der Waals surface area contributed by atoms with E-state index >= 15 is 0 Å². The van der Waals surface area contributed by atoms with Gasteiger partial charge >= 0.3 is 0 Å². The molecule has 1 aliphatic rings. The number of amides is 2. The molecule has 0 fully saturated rings. The maximum absolute atomic E-state index is 13.0. The number of aromatic nitrogens is 2. The van der Waals surface area contributed by atoms with Crippen LogP contribution in [0.25, 0.3) is 0 Å². The van der Waals surface area contributed by atoms with Crippen LogP contribution in [-0.2, 0) is 11.8 Å². The minimum Gasteiger partial charge on any atom is -0.339 e. The molecule has 7 heteroatoms. The molecular formula is C22H19N5O2. The molecule has 2 aromatic carbocycles. The molecule has 0 aliphatic carbocycles. The molecule has 4 rings (SSSR count). The highest BCUT2D eigenvalue weighted by Crippen LogP contribution is 2.39. The van der Waals surface area contributed by atoms with E-state index in [-0.39, 0.29) is 11.8 Å². The molecule has 2 heterocycles. The van der Waals surface area contributed by atoms with Crippen LogP contribution in [0.3, 0.4) is 0 Å². The molecule has 3 aromatic rings. The van der Waals surface area contributed by atoms with Crippen molar-refractivity contribution in [2.45, 2.75) is 18.9 Å². The maximum Gasteiger partial charge on any atom is 0.251 e. The molecule has 0 radical (unpaired) electrons. The van der Waals surface area contributed by atoms with Crippen LogP contribution in [0.2, 0.25) is 0 Å². The number of hydrogen-bond donors (Lipinski definition) is 2. The Kier molecular flexibility index (Phi) is 4.61. The van der Waals surface area contributed by atoms with E-state index in [2.05, 4.69) is 21.8 Å². The molecule has 7 nitrogen and oxygen atoms in total. The number of aryl methyl sites for hydroxylation is 2. The molecule has 0 saturated carbocycles. The summed E-state index contributed by atoms with van der Waals surface area (Å²) in [7, 11) is 1.77. The van der Waals surface area contributed by atoms with Gasteiger partial charge in [0, 0.05) is 24.1 Å². The van der Waals surface area contributed by atoms with Crippen LogP contribution in [0.5, 0.6) is 0 Å². The van der Waals surface area contributed by atoms with Gasteiger partial charge in [0.1, 0.15) is 11.9 Å². The third-order valence-electron chi connectivity index (χ3n) is 5.16. The molecule has 144 valence electrons. The van der Waals surface area contributed by atoms with E-state index in [0.29, 0.717) is 16.9 Å². The van der Waals surface area contributed by atoms with Crippen molar-refractivity contribution >= 4 is 17.6 Å². The predicted molar refractivity (Wildman–Crippen MR) is 107 cm³/mol. The molecule has 1 aliphatic heterocycles. The number of rotatable bonds is 3. The SMILES string of the molecule is Cc1nn(C)c2c1[C@@H](c1ccc(C#N)cc1)[C@H](NC(=O)c1ccccc1)C(=O)N2. The fraction of sp³-hybridized carbons (Fsp3) is 0.182. The Morgan fingerprint density at radius 3 is 2.52 bits per heavy atom. The topological polar surface area (TPSA) is 99.8 Å². The highest BCUT2D eigenvalue weighted by atomic mass is 16.2. The summed E-state index contributed by atoms with van der Waals surface area (Å²) < 4.78 is 1.63. The summed E-state index contributed by atoms with van der Waals surface area (Å²) in [4.78, 5) is 25.8. The van der Waals surface area contributed by atoms with Crippen molar-refractivity contribution < 1.29 is 9.59 Å². The maximum atomic E-state index is 13.0. The number of fused-ring (bicyclic) bond motifs is 1. The molecule has 0 unspecified atom stereocenters. The first-order chi connectivity index (χ1) is 14.0. The second-order valence-electron chi connectivity index (χ2n) is 6.99. The standard InChI is InChI=1S/C22H19N5O2/c1-13-17-18(15-10-8-14(12-23)9-11-15)19(22(29)25-20(17)27(2)26-13)24-21(28)16-6-4-3-5-7-16/h3-11,18-19H,1-2H3,(H,24,28)(H,25,29)/t18-,19+/m1/s1. The second kappa shape index (κ2) is 7.24. The average molecular weight is 385 g/mol. The molecule has 0 bridgehead atoms. The average Bonchev–Trinajstić information content (AvgIpc) is 3.02. The van der Waals surface area contributed by atoms with Gasteiger partial charge in [0.15, 0.2) is 0 Å². The van der Waals surface area contributed by atoms with Gasteiger partial charge in [-0.05, 0) is 36.8 Å². The number of carbonyl (C=O) groups excluding carboxylic acids is 2.